The van der Waals surface area contributed by atoms with Crippen molar-refractivity contribution in [3.8, 4) is 0 Å². The molecule has 3 aromatic rings. The molecule has 0 saturated heterocycles. The summed E-state index contributed by atoms with van der Waals surface area (Å²) in [5.74, 6) is 0. The highest BCUT2D eigenvalue weighted by Crippen LogP contribution is 2.28. The van der Waals surface area contributed by atoms with E-state index in [1.54, 1.807) is 0 Å². The molecule has 1 aromatic heterocycles. The highest BCUT2D eigenvalue weighted by atomic mass is 127. The fourth-order valence-electron chi connectivity index (χ4n) is 1.85. The maximum atomic E-state index is 4.18. The molecule has 0 aliphatic rings. The number of rotatable bonds is 0. The zero-order chi connectivity index (χ0) is 10.3. The van der Waals surface area contributed by atoms with Crippen LogP contribution < -0.4 is 0 Å². The summed E-state index contributed by atoms with van der Waals surface area (Å²) in [7, 11) is 0. The van der Waals surface area contributed by atoms with Crippen molar-refractivity contribution in [1.82, 2.24) is 4.98 Å². The van der Waals surface area contributed by atoms with E-state index in [0.29, 0.717) is 0 Å². The van der Waals surface area contributed by atoms with Gasteiger partial charge in [-0.1, -0.05) is 24.3 Å². The van der Waals surface area contributed by atoms with E-state index in [9.17, 15) is 0 Å². The lowest BCUT2D eigenvalue weighted by Gasteiger charge is -2.05. The molecule has 0 unspecified atom stereocenters. The van der Waals surface area contributed by atoms with Gasteiger partial charge in [0.05, 0.1) is 0 Å². The minimum atomic E-state index is 1.23. The summed E-state index contributed by atoms with van der Waals surface area (Å²) in [4.78, 5) is 4.18. The van der Waals surface area contributed by atoms with E-state index >= 15 is 0 Å². The Morgan fingerprint density at radius 2 is 1.73 bits per heavy atom. The zero-order valence-corrected chi connectivity index (χ0v) is 10.1. The van der Waals surface area contributed by atoms with Gasteiger partial charge in [-0.25, -0.2) is 0 Å². The Labute approximate surface area is 101 Å². The van der Waals surface area contributed by atoms with Crippen molar-refractivity contribution in [3.63, 3.8) is 0 Å². The number of halogens is 1. The van der Waals surface area contributed by atoms with Crippen LogP contribution in [0.5, 0.6) is 0 Å². The van der Waals surface area contributed by atoms with Gasteiger partial charge in [-0.05, 0) is 50.9 Å². The summed E-state index contributed by atoms with van der Waals surface area (Å²) in [5, 5.41) is 5.09. The molecule has 3 rings (SSSR count). The average Bonchev–Trinajstić information content (AvgIpc) is 2.30. The van der Waals surface area contributed by atoms with Crippen molar-refractivity contribution in [2.24, 2.45) is 0 Å². The quantitative estimate of drug-likeness (QED) is 0.452. The molecular weight excluding hydrogens is 297 g/mol. The van der Waals surface area contributed by atoms with Crippen LogP contribution in [-0.2, 0) is 0 Å². The summed E-state index contributed by atoms with van der Waals surface area (Å²) in [6.45, 7) is 0. The normalized spacial score (nSPS) is 11.0. The van der Waals surface area contributed by atoms with Gasteiger partial charge in [0.2, 0.25) is 0 Å². The lowest BCUT2D eigenvalue weighted by Crippen LogP contribution is -1.83. The molecule has 1 nitrogen and oxygen atoms in total. The molecule has 0 radical (unpaired) electrons. The number of aromatic nitrogens is 1. The third kappa shape index (κ3) is 1.40. The Morgan fingerprint density at radius 1 is 0.933 bits per heavy atom. The molecular formula is C13H8IN. The molecule has 0 atom stereocenters. The molecule has 0 aliphatic carbocycles. The maximum Gasteiger partial charge on any atom is 0.0357 e. The highest BCUT2D eigenvalue weighted by molar-refractivity contribution is 14.1. The molecule has 0 bridgehead atoms. The van der Waals surface area contributed by atoms with Crippen LogP contribution in [0.2, 0.25) is 0 Å². The third-order valence-corrected chi connectivity index (χ3v) is 3.76. The molecule has 0 amide bonds. The molecule has 0 spiro atoms. The topological polar surface area (TPSA) is 12.9 Å². The van der Waals surface area contributed by atoms with Gasteiger partial charge in [-0.15, -0.1) is 0 Å². The number of nitrogens with zero attached hydrogens (tertiary/aromatic N) is 1. The Hall–Kier alpha value is -1.16. The van der Waals surface area contributed by atoms with Crippen LogP contribution in [0.1, 0.15) is 0 Å². The Morgan fingerprint density at radius 3 is 2.67 bits per heavy atom. The largest absolute Gasteiger partial charge is 0.264 e. The van der Waals surface area contributed by atoms with E-state index in [1.807, 2.05) is 12.4 Å². The summed E-state index contributed by atoms with van der Waals surface area (Å²) in [6, 6.07) is 12.7. The number of pyridine rings is 1. The second-order valence-electron chi connectivity index (χ2n) is 3.51. The van der Waals surface area contributed by atoms with E-state index in [4.69, 9.17) is 0 Å². The fourth-order valence-corrected chi connectivity index (χ4v) is 2.79. The lowest BCUT2D eigenvalue weighted by atomic mass is 10.1. The smallest absolute Gasteiger partial charge is 0.0357 e. The van der Waals surface area contributed by atoms with Crippen molar-refractivity contribution in [3.05, 3.63) is 52.4 Å². The molecule has 0 aliphatic heterocycles. The van der Waals surface area contributed by atoms with Crippen molar-refractivity contribution < 1.29 is 0 Å². The second kappa shape index (κ2) is 3.45. The van der Waals surface area contributed by atoms with Gasteiger partial charge in [0.15, 0.2) is 0 Å². The summed E-state index contributed by atoms with van der Waals surface area (Å²) < 4.78 is 1.29. The fraction of sp³-hybridized carbons (Fsp3) is 0. The highest BCUT2D eigenvalue weighted by Gasteiger charge is 2.03. The molecule has 15 heavy (non-hydrogen) atoms. The summed E-state index contributed by atoms with van der Waals surface area (Å²) in [6.07, 6.45) is 3.77. The van der Waals surface area contributed by atoms with Crippen molar-refractivity contribution in [1.29, 1.82) is 0 Å². The third-order valence-electron chi connectivity index (χ3n) is 2.60. The molecule has 0 N–H and O–H groups in total. The van der Waals surface area contributed by atoms with Crippen LogP contribution in [0.3, 0.4) is 0 Å². The minimum Gasteiger partial charge on any atom is -0.264 e. The molecule has 0 fully saturated rings. The Bertz CT molecular complexity index is 592. The first-order valence-electron chi connectivity index (χ1n) is 4.77. The molecule has 2 heteroatoms. The average molecular weight is 305 g/mol. The standard InChI is InChI=1S/C13H8IN/c14-13-11-4-2-1-3-9(11)7-10-5-6-15-8-12(10)13/h1-8H. The van der Waals surface area contributed by atoms with Crippen LogP contribution in [-0.4, -0.2) is 4.98 Å². The monoisotopic (exact) mass is 305 g/mol. The van der Waals surface area contributed by atoms with Crippen LogP contribution >= 0.6 is 22.6 Å². The number of fused-ring (bicyclic) bond motifs is 2. The first-order valence-corrected chi connectivity index (χ1v) is 5.85. The van der Waals surface area contributed by atoms with E-state index in [1.165, 1.54) is 25.1 Å². The first-order chi connectivity index (χ1) is 7.36. The van der Waals surface area contributed by atoms with Gasteiger partial charge >= 0.3 is 0 Å². The maximum absolute atomic E-state index is 4.18. The lowest BCUT2D eigenvalue weighted by molar-refractivity contribution is 1.36. The predicted octanol–water partition coefficient (Wildman–Crippen LogP) is 3.99. The number of hydrogen-bond donors (Lipinski definition) is 0. The van der Waals surface area contributed by atoms with Gasteiger partial charge in [-0.3, -0.25) is 4.98 Å². The van der Waals surface area contributed by atoms with Gasteiger partial charge in [0, 0.05) is 21.4 Å². The van der Waals surface area contributed by atoms with Crippen LogP contribution in [0.4, 0.5) is 0 Å². The van der Waals surface area contributed by atoms with Gasteiger partial charge < -0.3 is 0 Å². The number of benzene rings is 2. The Kier molecular flexibility index (Phi) is 2.09. The Balaban J connectivity index is 2.60. The van der Waals surface area contributed by atoms with Crippen molar-refractivity contribution in [2.45, 2.75) is 0 Å². The van der Waals surface area contributed by atoms with Crippen LogP contribution in [0.25, 0.3) is 21.5 Å². The van der Waals surface area contributed by atoms with Crippen molar-refractivity contribution in [2.75, 3.05) is 0 Å². The van der Waals surface area contributed by atoms with E-state index in [0.717, 1.165) is 0 Å². The minimum absolute atomic E-state index is 1.23. The SMILES string of the molecule is Ic1c2ccccc2cc2ccncc12. The first kappa shape index (κ1) is 9.09. The molecule has 1 heterocycles. The van der Waals surface area contributed by atoms with Gasteiger partial charge in [0.25, 0.3) is 0 Å². The van der Waals surface area contributed by atoms with Crippen molar-refractivity contribution >= 4 is 44.1 Å². The summed E-state index contributed by atoms with van der Waals surface area (Å²) >= 11 is 2.40. The van der Waals surface area contributed by atoms with E-state index in [-0.39, 0.29) is 0 Å². The predicted molar refractivity (Wildman–Crippen MR) is 72.0 cm³/mol. The number of hydrogen-bond acceptors (Lipinski definition) is 1. The van der Waals surface area contributed by atoms with Gasteiger partial charge in [0.1, 0.15) is 0 Å². The summed E-state index contributed by atoms with van der Waals surface area (Å²) in [5.41, 5.74) is 0. The van der Waals surface area contributed by atoms with E-state index in [2.05, 4.69) is 64.0 Å². The van der Waals surface area contributed by atoms with Gasteiger partial charge in [-0.2, -0.15) is 0 Å². The van der Waals surface area contributed by atoms with Crippen LogP contribution in [0.15, 0.2) is 48.8 Å². The van der Waals surface area contributed by atoms with Crippen LogP contribution in [0, 0.1) is 3.57 Å². The zero-order valence-electron chi connectivity index (χ0n) is 7.94. The molecule has 0 saturated carbocycles. The van der Waals surface area contributed by atoms with E-state index < -0.39 is 0 Å². The molecule has 2 aromatic carbocycles. The second-order valence-corrected chi connectivity index (χ2v) is 4.59. The molecule has 72 valence electrons.